The van der Waals surface area contributed by atoms with Crippen molar-refractivity contribution in [2.75, 3.05) is 7.11 Å². The van der Waals surface area contributed by atoms with Crippen LogP contribution in [0.5, 0.6) is 0 Å². The van der Waals surface area contributed by atoms with Crippen LogP contribution in [0.4, 0.5) is 0 Å². The van der Waals surface area contributed by atoms with Gasteiger partial charge in [-0.1, -0.05) is 42.5 Å². The number of nitrogens with zero attached hydrogens (tertiary/aromatic N) is 1. The van der Waals surface area contributed by atoms with Gasteiger partial charge in [0.25, 0.3) is 0 Å². The monoisotopic (exact) mass is 379 g/mol. The number of para-hydroxylation sites is 2. The SMILES string of the molecule is COC(=O)C(NC1CCC(n2c(=O)[nH]c3ccccc32)CC1)c1ccccc1. The molecule has 1 aliphatic carbocycles. The van der Waals surface area contributed by atoms with E-state index >= 15 is 0 Å². The third kappa shape index (κ3) is 3.60. The molecule has 0 saturated heterocycles. The molecular weight excluding hydrogens is 354 g/mol. The molecule has 6 heteroatoms. The van der Waals surface area contributed by atoms with Gasteiger partial charge in [0.1, 0.15) is 6.04 Å². The first-order chi connectivity index (χ1) is 13.7. The zero-order valence-corrected chi connectivity index (χ0v) is 15.9. The van der Waals surface area contributed by atoms with Crippen LogP contribution in [-0.2, 0) is 9.53 Å². The summed E-state index contributed by atoms with van der Waals surface area (Å²) < 4.78 is 6.89. The molecule has 0 spiro atoms. The highest BCUT2D eigenvalue weighted by molar-refractivity contribution is 5.77. The lowest BCUT2D eigenvalue weighted by molar-refractivity contribution is -0.143. The maximum atomic E-state index is 12.4. The topological polar surface area (TPSA) is 76.1 Å². The van der Waals surface area contributed by atoms with Crippen LogP contribution in [0.3, 0.4) is 0 Å². The molecular formula is C22H25N3O3. The summed E-state index contributed by atoms with van der Waals surface area (Å²) in [6.07, 6.45) is 3.58. The molecule has 2 N–H and O–H groups in total. The molecule has 1 aliphatic rings. The van der Waals surface area contributed by atoms with Crippen LogP contribution < -0.4 is 11.0 Å². The molecule has 1 atom stereocenters. The summed E-state index contributed by atoms with van der Waals surface area (Å²) >= 11 is 0. The fraction of sp³-hybridized carbons (Fsp3) is 0.364. The molecule has 1 saturated carbocycles. The Morgan fingerprint density at radius 1 is 1.07 bits per heavy atom. The summed E-state index contributed by atoms with van der Waals surface area (Å²) in [4.78, 5) is 27.7. The number of H-pyrrole nitrogens is 1. The molecule has 0 amide bonds. The summed E-state index contributed by atoms with van der Waals surface area (Å²) in [6, 6.07) is 17.4. The quantitative estimate of drug-likeness (QED) is 0.667. The van der Waals surface area contributed by atoms with Gasteiger partial charge in [-0.05, 0) is 43.4 Å². The van der Waals surface area contributed by atoms with Crippen LogP contribution in [0, 0.1) is 0 Å². The van der Waals surface area contributed by atoms with Crippen LogP contribution in [0.15, 0.2) is 59.4 Å². The Kier molecular flexibility index (Phi) is 5.30. The smallest absolute Gasteiger partial charge is 0.327 e. The minimum Gasteiger partial charge on any atom is -0.468 e. The van der Waals surface area contributed by atoms with Gasteiger partial charge in [-0.2, -0.15) is 0 Å². The van der Waals surface area contributed by atoms with Gasteiger partial charge in [0.15, 0.2) is 0 Å². The van der Waals surface area contributed by atoms with Gasteiger partial charge < -0.3 is 9.72 Å². The van der Waals surface area contributed by atoms with Crippen molar-refractivity contribution in [3.05, 3.63) is 70.6 Å². The number of carbonyl (C=O) groups excluding carboxylic acids is 1. The van der Waals surface area contributed by atoms with Gasteiger partial charge >= 0.3 is 11.7 Å². The predicted octanol–water partition coefficient (Wildman–Crippen LogP) is 3.32. The van der Waals surface area contributed by atoms with Gasteiger partial charge in [0.2, 0.25) is 0 Å². The lowest BCUT2D eigenvalue weighted by Gasteiger charge is -2.32. The first-order valence-corrected chi connectivity index (χ1v) is 9.75. The number of fused-ring (bicyclic) bond motifs is 1. The van der Waals surface area contributed by atoms with Crippen molar-refractivity contribution in [1.29, 1.82) is 0 Å². The van der Waals surface area contributed by atoms with Gasteiger partial charge in [-0.25, -0.2) is 9.59 Å². The average molecular weight is 379 g/mol. The number of aromatic nitrogens is 2. The van der Waals surface area contributed by atoms with Crippen LogP contribution in [0.1, 0.15) is 43.3 Å². The Bertz CT molecular complexity index is 1000. The van der Waals surface area contributed by atoms with E-state index in [4.69, 9.17) is 4.74 Å². The molecule has 28 heavy (non-hydrogen) atoms. The number of esters is 1. The molecule has 1 fully saturated rings. The lowest BCUT2D eigenvalue weighted by atomic mass is 9.90. The van der Waals surface area contributed by atoms with Gasteiger partial charge in [0.05, 0.1) is 18.1 Å². The van der Waals surface area contributed by atoms with Crippen LogP contribution >= 0.6 is 0 Å². The fourth-order valence-corrected chi connectivity index (χ4v) is 4.24. The molecule has 1 heterocycles. The van der Waals surface area contributed by atoms with E-state index in [0.29, 0.717) is 0 Å². The molecule has 4 rings (SSSR count). The first kappa shape index (κ1) is 18.5. The summed E-state index contributed by atoms with van der Waals surface area (Å²) in [5.41, 5.74) is 2.70. The lowest BCUT2D eigenvalue weighted by Crippen LogP contribution is -2.40. The number of benzene rings is 2. The van der Waals surface area contributed by atoms with E-state index in [9.17, 15) is 9.59 Å². The van der Waals surface area contributed by atoms with Crippen molar-refractivity contribution in [2.24, 2.45) is 0 Å². The predicted molar refractivity (Wildman–Crippen MR) is 108 cm³/mol. The molecule has 0 bridgehead atoms. The molecule has 2 aromatic carbocycles. The molecule has 1 unspecified atom stereocenters. The van der Waals surface area contributed by atoms with Gasteiger partial charge in [0, 0.05) is 12.1 Å². The minimum absolute atomic E-state index is 0.0469. The van der Waals surface area contributed by atoms with Crippen LogP contribution in [0.25, 0.3) is 11.0 Å². The van der Waals surface area contributed by atoms with E-state index in [1.54, 1.807) is 0 Å². The molecule has 0 aliphatic heterocycles. The maximum absolute atomic E-state index is 12.4. The third-order valence-corrected chi connectivity index (χ3v) is 5.66. The standard InChI is InChI=1S/C22H25N3O3/c1-28-21(26)20(15-7-3-2-4-8-15)23-16-11-13-17(14-12-16)25-19-10-6-5-9-18(19)24-22(25)27/h2-10,16-17,20,23H,11-14H2,1H3,(H,24,27). The van der Waals surface area contributed by atoms with Crippen molar-refractivity contribution >= 4 is 17.0 Å². The molecule has 0 radical (unpaired) electrons. The molecule has 1 aromatic heterocycles. The van der Waals surface area contributed by atoms with E-state index in [2.05, 4.69) is 10.3 Å². The number of hydrogen-bond donors (Lipinski definition) is 2. The number of rotatable bonds is 5. The van der Waals surface area contributed by atoms with E-state index in [1.807, 2.05) is 59.2 Å². The van der Waals surface area contributed by atoms with E-state index in [-0.39, 0.29) is 23.7 Å². The second-order valence-electron chi connectivity index (χ2n) is 7.36. The highest BCUT2D eigenvalue weighted by atomic mass is 16.5. The first-order valence-electron chi connectivity index (χ1n) is 9.75. The van der Waals surface area contributed by atoms with Crippen molar-refractivity contribution in [3.8, 4) is 0 Å². The Morgan fingerprint density at radius 3 is 2.46 bits per heavy atom. The second-order valence-corrected chi connectivity index (χ2v) is 7.36. The molecule has 3 aromatic rings. The van der Waals surface area contributed by atoms with Crippen molar-refractivity contribution in [1.82, 2.24) is 14.9 Å². The van der Waals surface area contributed by atoms with Crippen molar-refractivity contribution in [3.63, 3.8) is 0 Å². The number of carbonyl (C=O) groups is 1. The molecule has 6 nitrogen and oxygen atoms in total. The number of aromatic amines is 1. The summed E-state index contributed by atoms with van der Waals surface area (Å²) in [5, 5.41) is 3.47. The average Bonchev–Trinajstić information content (AvgIpc) is 3.08. The Labute approximate surface area is 163 Å². The zero-order valence-electron chi connectivity index (χ0n) is 15.9. The van der Waals surface area contributed by atoms with Crippen LogP contribution in [-0.4, -0.2) is 28.7 Å². The summed E-state index contributed by atoms with van der Waals surface area (Å²) in [5.74, 6) is -0.277. The van der Waals surface area contributed by atoms with Gasteiger partial charge in [-0.15, -0.1) is 0 Å². The Balaban J connectivity index is 1.47. The normalized spacial score (nSPS) is 20.8. The molecule has 146 valence electrons. The highest BCUT2D eigenvalue weighted by Crippen LogP contribution is 2.31. The van der Waals surface area contributed by atoms with E-state index in [0.717, 1.165) is 42.3 Å². The highest BCUT2D eigenvalue weighted by Gasteiger charge is 2.29. The minimum atomic E-state index is -0.469. The van der Waals surface area contributed by atoms with Crippen LogP contribution in [0.2, 0.25) is 0 Å². The van der Waals surface area contributed by atoms with Crippen molar-refractivity contribution < 1.29 is 9.53 Å². The number of imidazole rings is 1. The maximum Gasteiger partial charge on any atom is 0.327 e. The van der Waals surface area contributed by atoms with E-state index in [1.165, 1.54) is 7.11 Å². The van der Waals surface area contributed by atoms with Gasteiger partial charge in [-0.3, -0.25) is 9.88 Å². The number of ether oxygens (including phenoxy) is 1. The third-order valence-electron chi connectivity index (χ3n) is 5.66. The number of methoxy groups -OCH3 is 1. The zero-order chi connectivity index (χ0) is 19.5. The summed E-state index contributed by atoms with van der Waals surface area (Å²) in [7, 11) is 1.42. The Morgan fingerprint density at radius 2 is 1.75 bits per heavy atom. The number of nitrogens with one attached hydrogen (secondary N) is 2. The Hall–Kier alpha value is -2.86. The van der Waals surface area contributed by atoms with Crippen molar-refractivity contribution in [2.45, 2.75) is 43.8 Å². The van der Waals surface area contributed by atoms with E-state index < -0.39 is 6.04 Å². The number of hydrogen-bond acceptors (Lipinski definition) is 4. The largest absolute Gasteiger partial charge is 0.468 e. The summed E-state index contributed by atoms with van der Waals surface area (Å²) in [6.45, 7) is 0. The fourth-order valence-electron chi connectivity index (χ4n) is 4.24. The second kappa shape index (κ2) is 8.02.